The second-order valence-corrected chi connectivity index (χ2v) is 9.02. The molecule has 228 valence electrons. The van der Waals surface area contributed by atoms with E-state index in [4.69, 9.17) is 38.2 Å². The molecule has 0 aromatic heterocycles. The third-order valence-corrected chi connectivity index (χ3v) is 5.76. The van der Waals surface area contributed by atoms with Crippen LogP contribution in [0, 0.1) is 6.92 Å². The topological polar surface area (TPSA) is 108 Å². The van der Waals surface area contributed by atoms with Crippen LogP contribution in [0.15, 0.2) is 96.7 Å². The van der Waals surface area contributed by atoms with Gasteiger partial charge in [0, 0.05) is 38.2 Å². The van der Waals surface area contributed by atoms with E-state index < -0.39 is 11.9 Å². The van der Waals surface area contributed by atoms with Gasteiger partial charge in [-0.15, -0.1) is 0 Å². The molecule has 1 aliphatic rings. The molecule has 1 aliphatic carbocycles. The predicted octanol–water partition coefficient (Wildman–Crippen LogP) is 5.93. The summed E-state index contributed by atoms with van der Waals surface area (Å²) in [5.74, 6) is 1.29. The van der Waals surface area contributed by atoms with Crippen molar-refractivity contribution in [3.8, 4) is 17.2 Å². The Morgan fingerprint density at radius 2 is 1.72 bits per heavy atom. The molecule has 10 nitrogen and oxygen atoms in total. The van der Waals surface area contributed by atoms with Crippen molar-refractivity contribution >= 4 is 11.9 Å². The van der Waals surface area contributed by atoms with Gasteiger partial charge in [-0.05, 0) is 79.6 Å². The zero-order chi connectivity index (χ0) is 30.7. The van der Waals surface area contributed by atoms with Gasteiger partial charge in [-0.2, -0.15) is 4.89 Å². The summed E-state index contributed by atoms with van der Waals surface area (Å²) in [6, 6.07) is 11.7. The van der Waals surface area contributed by atoms with Gasteiger partial charge >= 0.3 is 11.9 Å². The van der Waals surface area contributed by atoms with Crippen LogP contribution in [0.5, 0.6) is 17.2 Å². The Hall–Kier alpha value is -4.76. The molecule has 0 radical (unpaired) electrons. The van der Waals surface area contributed by atoms with Crippen LogP contribution < -0.4 is 14.2 Å². The monoisotopic (exact) mass is 592 g/mol. The fraction of sp³-hybridized carbons (Fsp3) is 0.303. The average Bonchev–Trinajstić information content (AvgIpc) is 3.02. The third-order valence-electron chi connectivity index (χ3n) is 5.76. The molecular weight excluding hydrogens is 556 g/mol. The zero-order valence-electron chi connectivity index (χ0n) is 24.4. The number of hydrogen-bond acceptors (Lipinski definition) is 10. The minimum absolute atomic E-state index is 0.0118. The molecule has 0 N–H and O–H groups in total. The molecular formula is C33H36O10. The standard InChI is InChI=1S/C33H36O10/c1-4-32(34)38-20-6-19-37-28-13-9-27(10-14-28)33(35)43-30-15-16-31(25(2)23-30)40-24-39-29-11-7-26(8-12-29)17-22-42-41-21-5-18-36-3/h4,7,9-16,22-23H,1,5-6,8,18-21,24H2,2-3H3. The van der Waals surface area contributed by atoms with Crippen LogP contribution in [0.3, 0.4) is 0 Å². The van der Waals surface area contributed by atoms with Gasteiger partial charge in [-0.1, -0.05) is 12.3 Å². The van der Waals surface area contributed by atoms with Gasteiger partial charge in [-0.3, -0.25) is 0 Å². The quantitative estimate of drug-likeness (QED) is 0.0238. The number of ether oxygens (including phenoxy) is 6. The molecule has 0 heterocycles. The highest BCUT2D eigenvalue weighted by molar-refractivity contribution is 5.91. The predicted molar refractivity (Wildman–Crippen MR) is 157 cm³/mol. The first-order valence-electron chi connectivity index (χ1n) is 13.7. The Balaban J connectivity index is 1.37. The fourth-order valence-electron chi connectivity index (χ4n) is 3.53. The molecule has 0 aliphatic heterocycles. The van der Waals surface area contributed by atoms with E-state index in [1.165, 1.54) is 6.26 Å². The molecule has 0 atom stereocenters. The van der Waals surface area contributed by atoms with Gasteiger partial charge in [0.25, 0.3) is 0 Å². The highest BCUT2D eigenvalue weighted by Gasteiger charge is 2.11. The van der Waals surface area contributed by atoms with Crippen molar-refractivity contribution in [2.24, 2.45) is 0 Å². The lowest BCUT2D eigenvalue weighted by Crippen LogP contribution is -2.09. The molecule has 10 heteroatoms. The van der Waals surface area contributed by atoms with Crippen LogP contribution in [0.4, 0.5) is 0 Å². The summed E-state index contributed by atoms with van der Waals surface area (Å²) in [6.45, 7) is 6.85. The number of benzene rings is 2. The van der Waals surface area contributed by atoms with Gasteiger partial charge in [-0.25, -0.2) is 9.59 Å². The van der Waals surface area contributed by atoms with E-state index in [0.717, 1.165) is 23.6 Å². The number of esters is 2. The lowest BCUT2D eigenvalue weighted by atomic mass is 10.1. The molecule has 43 heavy (non-hydrogen) atoms. The van der Waals surface area contributed by atoms with E-state index >= 15 is 0 Å². The van der Waals surface area contributed by atoms with E-state index in [9.17, 15) is 9.59 Å². The SMILES string of the molecule is C=CC(=O)OCCCOc1ccc(C(=O)Oc2ccc(OCOC3=CCC(=C=COOCCCOC)C=C3)c(C)c2)cc1. The highest BCUT2D eigenvalue weighted by atomic mass is 17.2. The molecule has 0 fully saturated rings. The van der Waals surface area contributed by atoms with E-state index in [1.54, 1.807) is 49.6 Å². The largest absolute Gasteiger partial charge is 0.493 e. The fourth-order valence-corrected chi connectivity index (χ4v) is 3.53. The van der Waals surface area contributed by atoms with Crippen LogP contribution in [-0.4, -0.2) is 52.3 Å². The van der Waals surface area contributed by atoms with E-state index in [2.05, 4.69) is 12.3 Å². The Labute approximate surface area is 251 Å². The normalized spacial score (nSPS) is 12.0. The highest BCUT2D eigenvalue weighted by Crippen LogP contribution is 2.25. The third kappa shape index (κ3) is 12.3. The first kappa shape index (κ1) is 32.8. The lowest BCUT2D eigenvalue weighted by Gasteiger charge is -2.14. The molecule has 0 amide bonds. The van der Waals surface area contributed by atoms with Gasteiger partial charge in [0.1, 0.15) is 23.0 Å². The van der Waals surface area contributed by atoms with E-state index in [1.807, 2.05) is 25.2 Å². The molecule has 0 bridgehead atoms. The van der Waals surface area contributed by atoms with Gasteiger partial charge in [0.2, 0.25) is 6.79 Å². The Bertz CT molecular complexity index is 1330. The number of carbonyl (C=O) groups is 2. The number of carbonyl (C=O) groups excluding carboxylic acids is 2. The molecule has 0 saturated carbocycles. The molecule has 3 rings (SSSR count). The summed E-state index contributed by atoms with van der Waals surface area (Å²) in [7, 11) is 1.64. The van der Waals surface area contributed by atoms with Crippen LogP contribution in [-0.2, 0) is 28.8 Å². The Morgan fingerprint density at radius 1 is 0.930 bits per heavy atom. The zero-order valence-corrected chi connectivity index (χ0v) is 24.4. The van der Waals surface area contributed by atoms with Crippen LogP contribution in [0.2, 0.25) is 0 Å². The summed E-state index contributed by atoms with van der Waals surface area (Å²) in [6.07, 6.45) is 10.0. The molecule has 0 unspecified atom stereocenters. The van der Waals surface area contributed by atoms with Crippen molar-refractivity contribution in [3.63, 3.8) is 0 Å². The Morgan fingerprint density at radius 3 is 2.44 bits per heavy atom. The second kappa shape index (κ2) is 18.6. The number of allylic oxidation sites excluding steroid dienone is 4. The second-order valence-electron chi connectivity index (χ2n) is 9.02. The minimum Gasteiger partial charge on any atom is -0.493 e. The van der Waals surface area contributed by atoms with Crippen LogP contribution in [0.25, 0.3) is 0 Å². The van der Waals surface area contributed by atoms with Crippen molar-refractivity contribution < 1.29 is 47.8 Å². The van der Waals surface area contributed by atoms with Gasteiger partial charge in [0.15, 0.2) is 6.26 Å². The van der Waals surface area contributed by atoms with Crippen molar-refractivity contribution in [3.05, 3.63) is 108 Å². The van der Waals surface area contributed by atoms with Gasteiger partial charge < -0.3 is 33.3 Å². The lowest BCUT2D eigenvalue weighted by molar-refractivity contribution is -0.249. The minimum atomic E-state index is -0.500. The summed E-state index contributed by atoms with van der Waals surface area (Å²) in [4.78, 5) is 33.6. The first-order chi connectivity index (χ1) is 21.0. The summed E-state index contributed by atoms with van der Waals surface area (Å²) in [5.41, 5.74) is 5.08. The number of aryl methyl sites for hydroxylation is 1. The smallest absolute Gasteiger partial charge is 0.343 e. The number of rotatable bonds is 18. The average molecular weight is 593 g/mol. The molecule has 0 spiro atoms. The van der Waals surface area contributed by atoms with E-state index in [0.29, 0.717) is 61.2 Å². The molecule has 2 aromatic carbocycles. The summed E-state index contributed by atoms with van der Waals surface area (Å²) >= 11 is 0. The maximum absolute atomic E-state index is 12.6. The Kier molecular flexibility index (Phi) is 14.2. The molecule has 0 saturated heterocycles. The van der Waals surface area contributed by atoms with Crippen molar-refractivity contribution in [2.45, 2.75) is 26.2 Å². The number of methoxy groups -OCH3 is 1. The maximum atomic E-state index is 12.6. The molecule has 2 aromatic rings. The summed E-state index contributed by atoms with van der Waals surface area (Å²) in [5, 5.41) is 0. The van der Waals surface area contributed by atoms with Crippen molar-refractivity contribution in [2.75, 3.05) is 40.3 Å². The van der Waals surface area contributed by atoms with Crippen molar-refractivity contribution in [1.82, 2.24) is 0 Å². The van der Waals surface area contributed by atoms with Crippen molar-refractivity contribution in [1.29, 1.82) is 0 Å². The maximum Gasteiger partial charge on any atom is 0.343 e. The van der Waals surface area contributed by atoms with Gasteiger partial charge in [0.05, 0.1) is 25.4 Å². The summed E-state index contributed by atoms with van der Waals surface area (Å²) < 4.78 is 32.4. The van der Waals surface area contributed by atoms with Crippen LogP contribution in [0.1, 0.15) is 35.2 Å². The van der Waals surface area contributed by atoms with E-state index in [-0.39, 0.29) is 13.4 Å². The first-order valence-corrected chi connectivity index (χ1v) is 13.7. The van der Waals surface area contributed by atoms with Crippen LogP contribution >= 0.6 is 0 Å². The number of hydrogen-bond donors (Lipinski definition) is 0.